The van der Waals surface area contributed by atoms with Crippen molar-refractivity contribution in [1.82, 2.24) is 9.55 Å². The molecule has 0 atom stereocenters. The Hall–Kier alpha value is -0.640. The third-order valence-electron chi connectivity index (χ3n) is 2.86. The SMILES string of the molecule is CCCCCCCCCn1cncc(Br)c1=O. The highest BCUT2D eigenvalue weighted by Crippen LogP contribution is 2.07. The average molecular weight is 301 g/mol. The Balaban J connectivity index is 2.18. The Morgan fingerprint density at radius 3 is 2.53 bits per heavy atom. The van der Waals surface area contributed by atoms with Crippen LogP contribution < -0.4 is 5.56 Å². The maximum Gasteiger partial charge on any atom is 0.267 e. The first kappa shape index (κ1) is 14.4. The van der Waals surface area contributed by atoms with Gasteiger partial charge in [-0.05, 0) is 22.4 Å². The first-order valence-corrected chi connectivity index (χ1v) is 7.25. The van der Waals surface area contributed by atoms with Gasteiger partial charge in [-0.1, -0.05) is 45.4 Å². The van der Waals surface area contributed by atoms with Gasteiger partial charge in [-0.2, -0.15) is 0 Å². The molecule has 0 aliphatic rings. The molecule has 17 heavy (non-hydrogen) atoms. The van der Waals surface area contributed by atoms with E-state index >= 15 is 0 Å². The molecule has 0 aliphatic heterocycles. The molecular formula is C13H21BrN2O. The molecule has 0 amide bonds. The molecule has 1 heterocycles. The second-order valence-electron chi connectivity index (χ2n) is 4.36. The fraction of sp³-hybridized carbons (Fsp3) is 0.692. The molecule has 4 heteroatoms. The van der Waals surface area contributed by atoms with Crippen LogP contribution in [0.2, 0.25) is 0 Å². The number of aryl methyl sites for hydroxylation is 1. The summed E-state index contributed by atoms with van der Waals surface area (Å²) >= 11 is 3.20. The predicted molar refractivity (Wildman–Crippen MR) is 74.2 cm³/mol. The Labute approximate surface area is 111 Å². The molecule has 1 aromatic rings. The lowest BCUT2D eigenvalue weighted by Crippen LogP contribution is -2.20. The minimum Gasteiger partial charge on any atom is -0.298 e. The van der Waals surface area contributed by atoms with Crippen molar-refractivity contribution in [3.63, 3.8) is 0 Å². The topological polar surface area (TPSA) is 34.9 Å². The van der Waals surface area contributed by atoms with Gasteiger partial charge in [-0.25, -0.2) is 4.98 Å². The summed E-state index contributed by atoms with van der Waals surface area (Å²) in [7, 11) is 0. The molecule has 0 unspecified atom stereocenters. The Kier molecular flexibility index (Phi) is 7.17. The minimum atomic E-state index is 0.0194. The van der Waals surface area contributed by atoms with Crippen molar-refractivity contribution < 1.29 is 0 Å². The van der Waals surface area contributed by atoms with Crippen molar-refractivity contribution in [1.29, 1.82) is 0 Å². The normalized spacial score (nSPS) is 10.7. The molecule has 96 valence electrons. The molecule has 0 spiro atoms. The third kappa shape index (κ3) is 5.48. The summed E-state index contributed by atoms with van der Waals surface area (Å²) in [5.41, 5.74) is 0.0194. The predicted octanol–water partition coefficient (Wildman–Crippen LogP) is 3.76. The molecule has 3 nitrogen and oxygen atoms in total. The van der Waals surface area contributed by atoms with E-state index in [2.05, 4.69) is 27.8 Å². The zero-order valence-electron chi connectivity index (χ0n) is 10.5. The Bertz CT molecular complexity index is 376. The number of aromatic nitrogens is 2. The fourth-order valence-electron chi connectivity index (χ4n) is 1.82. The van der Waals surface area contributed by atoms with E-state index in [-0.39, 0.29) is 5.56 Å². The molecule has 0 fully saturated rings. The number of rotatable bonds is 8. The van der Waals surface area contributed by atoms with E-state index in [1.54, 1.807) is 17.1 Å². The van der Waals surface area contributed by atoms with Crippen LogP contribution in [0.1, 0.15) is 51.9 Å². The molecule has 0 bridgehead atoms. The van der Waals surface area contributed by atoms with Crippen LogP contribution in [0.3, 0.4) is 0 Å². The van der Waals surface area contributed by atoms with E-state index < -0.39 is 0 Å². The van der Waals surface area contributed by atoms with E-state index in [1.165, 1.54) is 38.5 Å². The monoisotopic (exact) mass is 300 g/mol. The second-order valence-corrected chi connectivity index (χ2v) is 5.22. The summed E-state index contributed by atoms with van der Waals surface area (Å²) in [5, 5.41) is 0. The van der Waals surface area contributed by atoms with Gasteiger partial charge in [0.05, 0.1) is 6.33 Å². The van der Waals surface area contributed by atoms with Gasteiger partial charge in [0.1, 0.15) is 4.47 Å². The molecule has 0 saturated heterocycles. The summed E-state index contributed by atoms with van der Waals surface area (Å²) in [4.78, 5) is 15.7. The van der Waals surface area contributed by atoms with Crippen LogP contribution in [0.25, 0.3) is 0 Å². The van der Waals surface area contributed by atoms with Crippen molar-refractivity contribution in [2.24, 2.45) is 0 Å². The van der Waals surface area contributed by atoms with Crippen molar-refractivity contribution >= 4 is 15.9 Å². The molecule has 1 aromatic heterocycles. The number of hydrogen-bond donors (Lipinski definition) is 0. The highest BCUT2D eigenvalue weighted by Gasteiger charge is 2.00. The quantitative estimate of drug-likeness (QED) is 0.685. The van der Waals surface area contributed by atoms with Gasteiger partial charge in [-0.15, -0.1) is 0 Å². The van der Waals surface area contributed by atoms with E-state index in [0.717, 1.165) is 13.0 Å². The molecule has 0 aromatic carbocycles. The number of nitrogens with zero attached hydrogens (tertiary/aromatic N) is 2. The van der Waals surface area contributed by atoms with Crippen LogP contribution in [0, 0.1) is 0 Å². The van der Waals surface area contributed by atoms with E-state index in [9.17, 15) is 4.79 Å². The van der Waals surface area contributed by atoms with Gasteiger partial charge in [0.2, 0.25) is 0 Å². The average Bonchev–Trinajstić information content (AvgIpc) is 2.33. The summed E-state index contributed by atoms with van der Waals surface area (Å²) in [5.74, 6) is 0. The lowest BCUT2D eigenvalue weighted by atomic mass is 10.1. The number of hydrogen-bond acceptors (Lipinski definition) is 2. The highest BCUT2D eigenvalue weighted by atomic mass is 79.9. The lowest BCUT2D eigenvalue weighted by Gasteiger charge is -2.05. The Morgan fingerprint density at radius 2 is 1.82 bits per heavy atom. The van der Waals surface area contributed by atoms with E-state index in [4.69, 9.17) is 0 Å². The third-order valence-corrected chi connectivity index (χ3v) is 3.41. The van der Waals surface area contributed by atoms with Crippen molar-refractivity contribution in [3.05, 3.63) is 27.4 Å². The van der Waals surface area contributed by atoms with Crippen LogP contribution in [0.15, 0.2) is 21.8 Å². The maximum atomic E-state index is 11.6. The van der Waals surface area contributed by atoms with E-state index in [1.807, 2.05) is 0 Å². The van der Waals surface area contributed by atoms with Gasteiger partial charge in [0.25, 0.3) is 5.56 Å². The summed E-state index contributed by atoms with van der Waals surface area (Å²) in [6.07, 6.45) is 12.0. The van der Waals surface area contributed by atoms with Crippen LogP contribution >= 0.6 is 15.9 Å². The fourth-order valence-corrected chi connectivity index (χ4v) is 2.17. The molecule has 0 saturated carbocycles. The Morgan fingerprint density at radius 1 is 1.18 bits per heavy atom. The minimum absolute atomic E-state index is 0.0194. The maximum absolute atomic E-state index is 11.6. The number of halogens is 1. The van der Waals surface area contributed by atoms with Crippen LogP contribution in [0.5, 0.6) is 0 Å². The zero-order chi connectivity index (χ0) is 12.5. The van der Waals surface area contributed by atoms with Crippen LogP contribution in [0.4, 0.5) is 0 Å². The smallest absolute Gasteiger partial charge is 0.267 e. The number of unbranched alkanes of at least 4 members (excludes halogenated alkanes) is 6. The first-order chi connectivity index (χ1) is 8.25. The molecule has 0 aliphatic carbocycles. The molecular weight excluding hydrogens is 280 g/mol. The first-order valence-electron chi connectivity index (χ1n) is 6.45. The summed E-state index contributed by atoms with van der Waals surface area (Å²) in [6, 6.07) is 0. The van der Waals surface area contributed by atoms with Gasteiger partial charge in [0, 0.05) is 12.7 Å². The second kappa shape index (κ2) is 8.45. The summed E-state index contributed by atoms with van der Waals surface area (Å²) < 4.78 is 2.22. The zero-order valence-corrected chi connectivity index (χ0v) is 12.1. The highest BCUT2D eigenvalue weighted by molar-refractivity contribution is 9.10. The molecule has 1 rings (SSSR count). The molecule has 0 radical (unpaired) electrons. The van der Waals surface area contributed by atoms with Crippen molar-refractivity contribution in [2.75, 3.05) is 0 Å². The molecule has 0 N–H and O–H groups in total. The summed E-state index contributed by atoms with van der Waals surface area (Å²) in [6.45, 7) is 3.01. The standard InChI is InChI=1S/C13H21BrN2O/c1-2-3-4-5-6-7-8-9-16-11-15-10-12(14)13(16)17/h10-11H,2-9H2,1H3. The van der Waals surface area contributed by atoms with Gasteiger partial charge < -0.3 is 0 Å². The van der Waals surface area contributed by atoms with Gasteiger partial charge >= 0.3 is 0 Å². The largest absolute Gasteiger partial charge is 0.298 e. The van der Waals surface area contributed by atoms with Gasteiger partial charge in [-0.3, -0.25) is 9.36 Å². The van der Waals surface area contributed by atoms with Crippen molar-refractivity contribution in [2.45, 2.75) is 58.4 Å². The van der Waals surface area contributed by atoms with Gasteiger partial charge in [0.15, 0.2) is 0 Å². The lowest BCUT2D eigenvalue weighted by molar-refractivity contribution is 0.538. The van der Waals surface area contributed by atoms with Crippen LogP contribution in [-0.2, 0) is 6.54 Å². The van der Waals surface area contributed by atoms with Crippen LogP contribution in [-0.4, -0.2) is 9.55 Å². The van der Waals surface area contributed by atoms with E-state index in [0.29, 0.717) is 4.47 Å². The van der Waals surface area contributed by atoms with Crippen molar-refractivity contribution in [3.8, 4) is 0 Å².